The minimum atomic E-state index is -0.115. The van der Waals surface area contributed by atoms with Crippen LogP contribution in [0.25, 0.3) is 0 Å². The highest BCUT2D eigenvalue weighted by Gasteiger charge is 2.53. The molecule has 2 amide bonds. The van der Waals surface area contributed by atoms with Crippen LogP contribution in [0.5, 0.6) is 5.75 Å². The Hall–Kier alpha value is -1.75. The van der Waals surface area contributed by atoms with Gasteiger partial charge < -0.3 is 20.1 Å². The van der Waals surface area contributed by atoms with E-state index in [-0.39, 0.29) is 6.03 Å². The van der Waals surface area contributed by atoms with Gasteiger partial charge in [-0.2, -0.15) is 0 Å². The molecule has 2 aliphatic carbocycles. The van der Waals surface area contributed by atoms with Gasteiger partial charge in [0.25, 0.3) is 0 Å². The lowest BCUT2D eigenvalue weighted by atomic mass is 10.0. The molecule has 26 heavy (non-hydrogen) atoms. The summed E-state index contributed by atoms with van der Waals surface area (Å²) in [6.45, 7) is 5.22. The highest BCUT2D eigenvalue weighted by molar-refractivity contribution is 5.89. The smallest absolute Gasteiger partial charge is 0.319 e. The number of nitrogens with one attached hydrogen (secondary N) is 2. The molecule has 3 fully saturated rings. The number of urea groups is 1. The van der Waals surface area contributed by atoms with Gasteiger partial charge in [-0.05, 0) is 74.3 Å². The Labute approximate surface area is 155 Å². The number of hydrogen-bond acceptors (Lipinski definition) is 3. The Kier molecular flexibility index (Phi) is 5.07. The molecule has 4 rings (SSSR count). The third kappa shape index (κ3) is 4.32. The van der Waals surface area contributed by atoms with Crippen molar-refractivity contribution in [3.05, 3.63) is 23.8 Å². The molecule has 142 valence electrons. The van der Waals surface area contributed by atoms with Gasteiger partial charge in [-0.15, -0.1) is 0 Å². The number of anilines is 1. The predicted molar refractivity (Wildman–Crippen MR) is 102 cm³/mol. The molecule has 5 heteroatoms. The summed E-state index contributed by atoms with van der Waals surface area (Å²) in [6.07, 6.45) is 7.34. The molecule has 0 spiro atoms. The summed E-state index contributed by atoms with van der Waals surface area (Å²) < 4.78 is 11.4. The maximum Gasteiger partial charge on any atom is 0.319 e. The van der Waals surface area contributed by atoms with Crippen LogP contribution in [0.15, 0.2) is 18.2 Å². The van der Waals surface area contributed by atoms with Crippen LogP contribution in [0.4, 0.5) is 10.5 Å². The Bertz CT molecular complexity index is 647. The maximum absolute atomic E-state index is 12.3. The second-order valence-electron chi connectivity index (χ2n) is 8.29. The molecule has 1 aromatic carbocycles. The summed E-state index contributed by atoms with van der Waals surface area (Å²) in [5, 5.41) is 6.03. The zero-order valence-corrected chi connectivity index (χ0v) is 15.7. The third-order valence-electron chi connectivity index (χ3n) is 6.20. The number of carbonyl (C=O) groups excluding carboxylic acids is 1. The number of hydrogen-bond donors (Lipinski definition) is 2. The van der Waals surface area contributed by atoms with Crippen LogP contribution in [-0.2, 0) is 4.74 Å². The molecule has 3 aliphatic rings. The van der Waals surface area contributed by atoms with Crippen LogP contribution in [-0.4, -0.2) is 32.4 Å². The normalized spacial score (nSPS) is 21.9. The number of benzene rings is 1. The Morgan fingerprint density at radius 2 is 2.00 bits per heavy atom. The van der Waals surface area contributed by atoms with Gasteiger partial charge in [-0.25, -0.2) is 4.79 Å². The summed E-state index contributed by atoms with van der Waals surface area (Å²) in [4.78, 5) is 12.3. The van der Waals surface area contributed by atoms with Crippen LogP contribution in [0.2, 0.25) is 0 Å². The van der Waals surface area contributed by atoms with Crippen molar-refractivity contribution >= 4 is 11.7 Å². The zero-order valence-electron chi connectivity index (χ0n) is 15.7. The molecule has 0 radical (unpaired) electrons. The third-order valence-corrected chi connectivity index (χ3v) is 6.20. The molecular formula is C21H30N2O3. The van der Waals surface area contributed by atoms with E-state index in [9.17, 15) is 4.79 Å². The minimum absolute atomic E-state index is 0.115. The van der Waals surface area contributed by atoms with Crippen molar-refractivity contribution in [3.8, 4) is 5.75 Å². The molecular weight excluding hydrogens is 328 g/mol. The van der Waals surface area contributed by atoms with E-state index in [0.29, 0.717) is 17.9 Å². The summed E-state index contributed by atoms with van der Waals surface area (Å²) in [6, 6.07) is 5.75. The lowest BCUT2D eigenvalue weighted by molar-refractivity contribution is 0.0496. The van der Waals surface area contributed by atoms with Gasteiger partial charge in [-0.3, -0.25) is 0 Å². The standard InChI is InChI=1S/C21H30N2O3/c1-15-2-5-18(12-19(15)26-13-16-6-10-25-11-7-16)23-20(24)22-14-21(8-9-21)17-3-4-17/h2,5,12,16-17H,3-4,6-11,13-14H2,1H3,(H2,22,23,24). The first-order valence-electron chi connectivity index (χ1n) is 10.0. The SMILES string of the molecule is Cc1ccc(NC(=O)NCC2(C3CC3)CC2)cc1OCC1CCOCC1. The second kappa shape index (κ2) is 7.47. The zero-order chi connectivity index (χ0) is 18.0. The van der Waals surface area contributed by atoms with Gasteiger partial charge in [0.1, 0.15) is 5.75 Å². The number of amides is 2. The summed E-state index contributed by atoms with van der Waals surface area (Å²) in [5.74, 6) is 2.26. The van der Waals surface area contributed by atoms with Gasteiger partial charge in [0.15, 0.2) is 0 Å². The van der Waals surface area contributed by atoms with Crippen molar-refractivity contribution in [2.24, 2.45) is 17.3 Å². The lowest BCUT2D eigenvalue weighted by Gasteiger charge is -2.22. The fraction of sp³-hybridized carbons (Fsp3) is 0.667. The van der Waals surface area contributed by atoms with Gasteiger partial charge in [-0.1, -0.05) is 6.07 Å². The van der Waals surface area contributed by atoms with E-state index in [2.05, 4.69) is 10.6 Å². The second-order valence-corrected chi connectivity index (χ2v) is 8.29. The number of rotatable bonds is 7. The van der Waals surface area contributed by atoms with Crippen LogP contribution in [0, 0.1) is 24.2 Å². The predicted octanol–water partition coefficient (Wildman–Crippen LogP) is 4.11. The fourth-order valence-corrected chi connectivity index (χ4v) is 3.97. The molecule has 2 N–H and O–H groups in total. The fourth-order valence-electron chi connectivity index (χ4n) is 3.97. The first kappa shape index (κ1) is 17.7. The molecule has 1 aliphatic heterocycles. The van der Waals surface area contributed by atoms with Gasteiger partial charge in [0, 0.05) is 31.5 Å². The van der Waals surface area contributed by atoms with Gasteiger partial charge in [0.2, 0.25) is 0 Å². The molecule has 0 aromatic heterocycles. The van der Waals surface area contributed by atoms with E-state index in [0.717, 1.165) is 55.5 Å². The van der Waals surface area contributed by atoms with Crippen molar-refractivity contribution in [1.29, 1.82) is 0 Å². The maximum atomic E-state index is 12.3. The highest BCUT2D eigenvalue weighted by atomic mass is 16.5. The molecule has 0 bridgehead atoms. The van der Waals surface area contributed by atoms with Crippen molar-refractivity contribution in [1.82, 2.24) is 5.32 Å². The largest absolute Gasteiger partial charge is 0.493 e. The average molecular weight is 358 g/mol. The van der Waals surface area contributed by atoms with E-state index in [1.165, 1.54) is 25.7 Å². The molecule has 0 unspecified atom stereocenters. The highest BCUT2D eigenvalue weighted by Crippen LogP contribution is 2.60. The Morgan fingerprint density at radius 1 is 1.23 bits per heavy atom. The number of ether oxygens (including phenoxy) is 2. The first-order chi connectivity index (χ1) is 12.6. The number of carbonyl (C=O) groups is 1. The summed E-state index contributed by atoms with van der Waals surface area (Å²) in [7, 11) is 0. The van der Waals surface area contributed by atoms with Crippen LogP contribution in [0.1, 0.15) is 44.1 Å². The first-order valence-corrected chi connectivity index (χ1v) is 10.0. The van der Waals surface area contributed by atoms with Gasteiger partial charge >= 0.3 is 6.03 Å². The van der Waals surface area contributed by atoms with Crippen molar-refractivity contribution in [2.75, 3.05) is 31.7 Å². The van der Waals surface area contributed by atoms with E-state index in [1.54, 1.807) is 0 Å². The van der Waals surface area contributed by atoms with Crippen molar-refractivity contribution < 1.29 is 14.3 Å². The molecule has 2 saturated carbocycles. The summed E-state index contributed by atoms with van der Waals surface area (Å²) >= 11 is 0. The monoisotopic (exact) mass is 358 g/mol. The Balaban J connectivity index is 1.28. The molecule has 0 atom stereocenters. The van der Waals surface area contributed by atoms with Crippen molar-refractivity contribution in [2.45, 2.75) is 45.4 Å². The Morgan fingerprint density at radius 3 is 2.69 bits per heavy atom. The van der Waals surface area contributed by atoms with Crippen LogP contribution < -0.4 is 15.4 Å². The van der Waals surface area contributed by atoms with E-state index in [1.807, 2.05) is 25.1 Å². The average Bonchev–Trinajstić information content (AvgIpc) is 3.55. The molecule has 5 nitrogen and oxygen atoms in total. The van der Waals surface area contributed by atoms with E-state index in [4.69, 9.17) is 9.47 Å². The number of aryl methyl sites for hydroxylation is 1. The van der Waals surface area contributed by atoms with E-state index < -0.39 is 0 Å². The topological polar surface area (TPSA) is 59.6 Å². The molecule has 1 heterocycles. The van der Waals surface area contributed by atoms with Crippen LogP contribution in [0.3, 0.4) is 0 Å². The van der Waals surface area contributed by atoms with Gasteiger partial charge in [0.05, 0.1) is 6.61 Å². The quantitative estimate of drug-likeness (QED) is 0.771. The molecule has 1 saturated heterocycles. The van der Waals surface area contributed by atoms with Crippen molar-refractivity contribution in [3.63, 3.8) is 0 Å². The lowest BCUT2D eigenvalue weighted by Crippen LogP contribution is -2.34. The summed E-state index contributed by atoms with van der Waals surface area (Å²) in [5.41, 5.74) is 2.29. The minimum Gasteiger partial charge on any atom is -0.493 e. The van der Waals surface area contributed by atoms with E-state index >= 15 is 0 Å². The van der Waals surface area contributed by atoms with Crippen LogP contribution >= 0.6 is 0 Å². The molecule has 1 aromatic rings.